The highest BCUT2D eigenvalue weighted by Crippen LogP contribution is 2.39. The van der Waals surface area contributed by atoms with Gasteiger partial charge in [0.25, 0.3) is 5.91 Å². The van der Waals surface area contributed by atoms with E-state index in [0.717, 1.165) is 65.1 Å². The van der Waals surface area contributed by atoms with Gasteiger partial charge in [0.15, 0.2) is 0 Å². The number of aromatic nitrogens is 2. The monoisotopic (exact) mass is 596 g/mol. The van der Waals surface area contributed by atoms with E-state index in [1.165, 1.54) is 0 Å². The van der Waals surface area contributed by atoms with Crippen LogP contribution in [-0.2, 0) is 11.3 Å². The van der Waals surface area contributed by atoms with Crippen LogP contribution >= 0.6 is 11.6 Å². The molecule has 0 spiro atoms. The fourth-order valence-corrected chi connectivity index (χ4v) is 5.67. The maximum absolute atomic E-state index is 12.8. The molecule has 0 atom stereocenters. The van der Waals surface area contributed by atoms with Gasteiger partial charge in [0.05, 0.1) is 17.8 Å². The highest BCUT2D eigenvalue weighted by atomic mass is 35.5. The van der Waals surface area contributed by atoms with Crippen molar-refractivity contribution >= 4 is 29.1 Å². The molecular formula is C34H35ClN5O3. The summed E-state index contributed by atoms with van der Waals surface area (Å²) in [6.45, 7) is 9.60. The molecule has 0 saturated carbocycles. The van der Waals surface area contributed by atoms with E-state index in [9.17, 15) is 9.59 Å². The molecule has 2 aromatic heterocycles. The molecule has 4 aromatic rings. The van der Waals surface area contributed by atoms with Crippen LogP contribution in [0.4, 0.5) is 5.69 Å². The molecule has 1 saturated heterocycles. The molecule has 43 heavy (non-hydrogen) atoms. The van der Waals surface area contributed by atoms with Gasteiger partial charge >= 0.3 is 0 Å². The second-order valence-electron chi connectivity index (χ2n) is 10.7. The van der Waals surface area contributed by atoms with Crippen LogP contribution in [0.3, 0.4) is 0 Å². The Morgan fingerprint density at radius 3 is 2.56 bits per heavy atom. The van der Waals surface area contributed by atoms with Crippen molar-refractivity contribution in [3.63, 3.8) is 0 Å². The Morgan fingerprint density at radius 1 is 1.07 bits per heavy atom. The Labute approximate surface area is 257 Å². The van der Waals surface area contributed by atoms with Crippen LogP contribution in [-0.4, -0.2) is 52.9 Å². The number of ether oxygens (including phenoxy) is 1. The van der Waals surface area contributed by atoms with Crippen LogP contribution in [0.25, 0.3) is 22.4 Å². The number of benzene rings is 2. The number of piperidine rings is 1. The van der Waals surface area contributed by atoms with E-state index in [2.05, 4.69) is 27.5 Å². The molecule has 8 nitrogen and oxygen atoms in total. The first-order valence-electron chi connectivity index (χ1n) is 14.2. The number of methoxy groups -OCH3 is 1. The minimum atomic E-state index is -0.301. The van der Waals surface area contributed by atoms with Crippen LogP contribution in [0.1, 0.15) is 46.9 Å². The number of anilines is 1. The van der Waals surface area contributed by atoms with Crippen LogP contribution in [0.15, 0.2) is 67.0 Å². The zero-order valence-electron chi connectivity index (χ0n) is 24.6. The lowest BCUT2D eigenvalue weighted by Crippen LogP contribution is -2.43. The molecule has 1 fully saturated rings. The predicted molar refractivity (Wildman–Crippen MR) is 170 cm³/mol. The largest absolute Gasteiger partial charge is 0.496 e. The average Bonchev–Trinajstić information content (AvgIpc) is 3.02. The maximum Gasteiger partial charge on any atom is 0.274 e. The van der Waals surface area contributed by atoms with Crippen LogP contribution in [0, 0.1) is 13.8 Å². The minimum absolute atomic E-state index is 0.135. The molecule has 0 unspecified atom stereocenters. The van der Waals surface area contributed by atoms with Gasteiger partial charge in [0.1, 0.15) is 11.4 Å². The van der Waals surface area contributed by atoms with Crippen molar-refractivity contribution in [3.8, 4) is 28.1 Å². The van der Waals surface area contributed by atoms with E-state index in [-0.39, 0.29) is 11.8 Å². The molecule has 0 aliphatic carbocycles. The first-order valence-corrected chi connectivity index (χ1v) is 14.6. The standard InChI is InChI=1S/C34H35ClN5O3/c1-21-8-11-30(38-19-21)34(42)39-29-7-5-6-27(22(29)2)28-12-15-36-33(32(28)35)24-9-10-25(31(18-24)43-4)20-37-26-13-16-40(17-14-26)23(3)41/h5-12,15,18-19,26,37H,1,13-14,16-17,20H2,2-4H3,(H,39,42). The number of carbonyl (C=O) groups is 2. The van der Waals surface area contributed by atoms with E-state index in [1.807, 2.05) is 54.3 Å². The third kappa shape index (κ3) is 6.87. The van der Waals surface area contributed by atoms with E-state index in [4.69, 9.17) is 16.3 Å². The molecular weight excluding hydrogens is 562 g/mol. The van der Waals surface area contributed by atoms with Crippen molar-refractivity contribution < 1.29 is 14.3 Å². The summed E-state index contributed by atoms with van der Waals surface area (Å²) in [6, 6.07) is 17.3. The van der Waals surface area contributed by atoms with Crippen molar-refractivity contribution in [1.29, 1.82) is 0 Å². The first-order chi connectivity index (χ1) is 20.7. The third-order valence-corrected chi connectivity index (χ3v) is 8.28. The van der Waals surface area contributed by atoms with Crippen molar-refractivity contribution in [2.45, 2.75) is 39.3 Å². The Morgan fingerprint density at radius 2 is 1.86 bits per heavy atom. The minimum Gasteiger partial charge on any atom is -0.496 e. The normalized spacial score (nSPS) is 13.6. The number of nitrogens with one attached hydrogen (secondary N) is 2. The van der Waals surface area contributed by atoms with Crippen LogP contribution in [0.5, 0.6) is 5.75 Å². The smallest absolute Gasteiger partial charge is 0.274 e. The molecule has 2 N–H and O–H groups in total. The van der Waals surface area contributed by atoms with Gasteiger partial charge in [-0.1, -0.05) is 41.9 Å². The van der Waals surface area contributed by atoms with Gasteiger partial charge in [-0.3, -0.25) is 19.6 Å². The van der Waals surface area contributed by atoms with Gasteiger partial charge in [-0.05, 0) is 67.6 Å². The fraction of sp³-hybridized carbons (Fsp3) is 0.265. The van der Waals surface area contributed by atoms with E-state index < -0.39 is 0 Å². The molecule has 0 bridgehead atoms. The van der Waals surface area contributed by atoms with Crippen molar-refractivity contribution in [3.05, 3.63) is 101 Å². The summed E-state index contributed by atoms with van der Waals surface area (Å²) >= 11 is 7.00. The second-order valence-corrected chi connectivity index (χ2v) is 11.1. The zero-order valence-corrected chi connectivity index (χ0v) is 25.4. The molecule has 1 aliphatic rings. The highest BCUT2D eigenvalue weighted by molar-refractivity contribution is 6.35. The number of hydrogen-bond acceptors (Lipinski definition) is 6. The van der Waals surface area contributed by atoms with E-state index in [0.29, 0.717) is 34.7 Å². The van der Waals surface area contributed by atoms with Gasteiger partial charge < -0.3 is 20.3 Å². The number of nitrogens with zero attached hydrogens (tertiary/aromatic N) is 3. The topological polar surface area (TPSA) is 96.5 Å². The Balaban J connectivity index is 1.35. The van der Waals surface area contributed by atoms with Crippen LogP contribution < -0.4 is 15.4 Å². The molecule has 2 aromatic carbocycles. The summed E-state index contributed by atoms with van der Waals surface area (Å²) in [5.74, 6) is 0.580. The number of amides is 2. The van der Waals surface area contributed by atoms with E-state index >= 15 is 0 Å². The molecule has 1 radical (unpaired) electrons. The lowest BCUT2D eigenvalue weighted by Gasteiger charge is -2.32. The molecule has 221 valence electrons. The summed E-state index contributed by atoms with van der Waals surface area (Å²) in [5, 5.41) is 7.09. The maximum atomic E-state index is 12.8. The summed E-state index contributed by atoms with van der Waals surface area (Å²) in [5.41, 5.74) is 6.80. The second kappa shape index (κ2) is 13.4. The van der Waals surface area contributed by atoms with Gasteiger partial charge in [0, 0.05) is 67.4 Å². The third-order valence-electron chi connectivity index (χ3n) is 7.90. The summed E-state index contributed by atoms with van der Waals surface area (Å²) < 4.78 is 5.75. The van der Waals surface area contributed by atoms with Gasteiger partial charge in [0.2, 0.25) is 5.91 Å². The summed E-state index contributed by atoms with van der Waals surface area (Å²) in [6.07, 6.45) is 5.16. The van der Waals surface area contributed by atoms with Crippen molar-refractivity contribution in [2.24, 2.45) is 0 Å². The van der Waals surface area contributed by atoms with E-state index in [1.54, 1.807) is 38.6 Å². The summed E-state index contributed by atoms with van der Waals surface area (Å²) in [4.78, 5) is 35.1. The summed E-state index contributed by atoms with van der Waals surface area (Å²) in [7, 11) is 1.66. The Kier molecular flexibility index (Phi) is 9.38. The molecule has 2 amide bonds. The number of carbonyl (C=O) groups excluding carboxylic acids is 2. The number of likely N-dealkylation sites (tertiary alicyclic amines) is 1. The molecule has 5 rings (SSSR count). The Hall–Kier alpha value is -4.27. The van der Waals surface area contributed by atoms with Gasteiger partial charge in [-0.25, -0.2) is 0 Å². The average molecular weight is 597 g/mol. The number of rotatable bonds is 8. The fourth-order valence-electron chi connectivity index (χ4n) is 5.35. The lowest BCUT2D eigenvalue weighted by atomic mass is 9.97. The van der Waals surface area contributed by atoms with Gasteiger partial charge in [-0.15, -0.1) is 0 Å². The Bertz CT molecular complexity index is 1630. The SMILES string of the molecule is [CH2]c1ccc(C(=O)Nc2cccc(-c3ccnc(-c4ccc(CNC5CCN(C(C)=O)CC5)c(OC)c4)c3Cl)c2C)nc1. The lowest BCUT2D eigenvalue weighted by molar-refractivity contribution is -0.129. The van der Waals surface area contributed by atoms with Crippen molar-refractivity contribution in [1.82, 2.24) is 20.2 Å². The van der Waals surface area contributed by atoms with Crippen molar-refractivity contribution in [2.75, 3.05) is 25.5 Å². The molecule has 9 heteroatoms. The number of halogens is 1. The molecule has 3 heterocycles. The van der Waals surface area contributed by atoms with Crippen LogP contribution in [0.2, 0.25) is 5.02 Å². The predicted octanol–water partition coefficient (Wildman–Crippen LogP) is 6.32. The van der Waals surface area contributed by atoms with Gasteiger partial charge in [-0.2, -0.15) is 0 Å². The quantitative estimate of drug-likeness (QED) is 0.247. The molecule has 1 aliphatic heterocycles. The zero-order chi connectivity index (χ0) is 30.5. The first kappa shape index (κ1) is 30.2. The highest BCUT2D eigenvalue weighted by Gasteiger charge is 2.21. The number of pyridine rings is 2. The number of hydrogen-bond donors (Lipinski definition) is 2.